The molecule has 20 nitrogen and oxygen atoms in total. The SMILES string of the molecule is COC(=O)[C@H](OC(C)=O)[C@H]1[C@]2(C)C[C@]3(O)[C@@](O)([C@@H](OC(=O)C(C)C)[C@]45OC6(C)O[C@H]([C@H](OC(C)=O)[C@]78C[C@@]74[C@@H](OC(C)=O)C(=O)O[C@H]8c4ccoc4)[C@]5(O6)[C@]13C)[C@H]2OC(C)=O. The number of rotatable bonds is 9. The topological polar surface area (TPSA) is 265 Å². The molecular formula is C41H48O20. The predicted molar refractivity (Wildman–Crippen MR) is 191 cm³/mol. The summed E-state index contributed by atoms with van der Waals surface area (Å²) in [6, 6.07) is 1.50. The number of aliphatic hydroxyl groups is 2. The van der Waals surface area contributed by atoms with Crippen molar-refractivity contribution in [3.8, 4) is 0 Å². The van der Waals surface area contributed by atoms with E-state index in [1.807, 2.05) is 0 Å². The molecule has 17 atom stereocenters. The van der Waals surface area contributed by atoms with E-state index in [0.29, 0.717) is 0 Å². The molecule has 0 aromatic carbocycles. The van der Waals surface area contributed by atoms with Crippen molar-refractivity contribution in [3.63, 3.8) is 0 Å². The van der Waals surface area contributed by atoms with Gasteiger partial charge in [-0.2, -0.15) is 0 Å². The second-order valence-electron chi connectivity index (χ2n) is 18.7. The van der Waals surface area contributed by atoms with Crippen LogP contribution in [0.25, 0.3) is 0 Å². The Kier molecular flexibility index (Phi) is 8.26. The van der Waals surface area contributed by atoms with Gasteiger partial charge in [0.1, 0.15) is 35.6 Å². The van der Waals surface area contributed by atoms with E-state index in [0.717, 1.165) is 34.8 Å². The summed E-state index contributed by atoms with van der Waals surface area (Å²) in [5.74, 6) is -11.8. The molecule has 3 aliphatic heterocycles. The van der Waals surface area contributed by atoms with E-state index in [4.69, 9.17) is 51.8 Å². The molecule has 3 saturated heterocycles. The summed E-state index contributed by atoms with van der Waals surface area (Å²) in [6.07, 6.45) is -11.0. The Balaban J connectivity index is 1.48. The summed E-state index contributed by atoms with van der Waals surface area (Å²) in [7, 11) is 1.04. The third-order valence-electron chi connectivity index (χ3n) is 15.5. The van der Waals surface area contributed by atoms with E-state index in [9.17, 15) is 43.8 Å². The van der Waals surface area contributed by atoms with Crippen LogP contribution in [0.15, 0.2) is 23.0 Å². The summed E-state index contributed by atoms with van der Waals surface area (Å²) in [6.45, 7) is 11.5. The number of carbonyl (C=O) groups excluding carboxylic acids is 7. The van der Waals surface area contributed by atoms with Gasteiger partial charge in [-0.25, -0.2) is 9.59 Å². The molecule has 1 aromatic heterocycles. The molecule has 20 heteroatoms. The highest BCUT2D eigenvalue weighted by Gasteiger charge is 3.11. The average molecular weight is 861 g/mol. The Hall–Kier alpha value is -4.63. The van der Waals surface area contributed by atoms with E-state index < -0.39 is 153 Å². The smallest absolute Gasteiger partial charge is 0.348 e. The zero-order chi connectivity index (χ0) is 44.6. The molecule has 5 aliphatic carbocycles. The van der Waals surface area contributed by atoms with Crippen LogP contribution < -0.4 is 0 Å². The third kappa shape index (κ3) is 4.22. The lowest BCUT2D eigenvalue weighted by Gasteiger charge is -2.76. The minimum absolute atomic E-state index is 0.250. The van der Waals surface area contributed by atoms with Gasteiger partial charge < -0.3 is 62.0 Å². The average Bonchev–Trinajstić information content (AvgIpc) is 3.51. The molecule has 8 aliphatic rings. The van der Waals surface area contributed by atoms with E-state index in [1.54, 1.807) is 0 Å². The Bertz CT molecular complexity index is 2190. The summed E-state index contributed by atoms with van der Waals surface area (Å²) in [5.41, 5.74) is -18.5. The first-order valence-corrected chi connectivity index (χ1v) is 20.0. The molecule has 0 radical (unpaired) electrons. The van der Waals surface area contributed by atoms with Crippen LogP contribution >= 0.6 is 0 Å². The van der Waals surface area contributed by atoms with Gasteiger partial charge in [0.05, 0.1) is 36.4 Å². The first-order chi connectivity index (χ1) is 28.3. The summed E-state index contributed by atoms with van der Waals surface area (Å²) in [5, 5.41) is 28.0. The molecule has 2 N–H and O–H groups in total. The van der Waals surface area contributed by atoms with Crippen molar-refractivity contribution in [3.05, 3.63) is 24.2 Å². The quantitative estimate of drug-likeness (QED) is 0.257. The van der Waals surface area contributed by atoms with Crippen LogP contribution in [0.1, 0.15) is 86.8 Å². The number of hydrogen-bond donors (Lipinski definition) is 2. The number of furan rings is 1. The number of fused-ring (bicyclic) bond motifs is 2. The molecule has 61 heavy (non-hydrogen) atoms. The van der Waals surface area contributed by atoms with Gasteiger partial charge in [-0.15, -0.1) is 0 Å². The third-order valence-corrected chi connectivity index (χ3v) is 15.5. The molecule has 9 rings (SSSR count). The second-order valence-corrected chi connectivity index (χ2v) is 18.7. The maximum absolute atomic E-state index is 14.8. The lowest BCUT2D eigenvalue weighted by atomic mass is 9.33. The van der Waals surface area contributed by atoms with Crippen molar-refractivity contribution >= 4 is 41.8 Å². The lowest BCUT2D eigenvalue weighted by molar-refractivity contribution is -0.455. The van der Waals surface area contributed by atoms with Gasteiger partial charge in [0.2, 0.25) is 12.2 Å². The first kappa shape index (κ1) is 41.7. The maximum Gasteiger partial charge on any atom is 0.348 e. The number of methoxy groups -OCH3 is 1. The van der Waals surface area contributed by atoms with Gasteiger partial charge in [-0.3, -0.25) is 24.0 Å². The van der Waals surface area contributed by atoms with Gasteiger partial charge >= 0.3 is 41.8 Å². The predicted octanol–water partition coefficient (Wildman–Crippen LogP) is 0.854. The Morgan fingerprint density at radius 1 is 0.820 bits per heavy atom. The van der Waals surface area contributed by atoms with Gasteiger partial charge in [0, 0.05) is 56.9 Å². The summed E-state index contributed by atoms with van der Waals surface area (Å²) >= 11 is 0. The van der Waals surface area contributed by atoms with Crippen LogP contribution in [-0.4, -0.2) is 124 Å². The Morgan fingerprint density at radius 2 is 1.46 bits per heavy atom. The second kappa shape index (κ2) is 12.1. The fraction of sp³-hybridized carbons (Fsp3) is 0.732. The molecule has 4 heterocycles. The maximum atomic E-state index is 14.8. The standard InChI is InChI=1S/C41H48O20/c1-16(2)28(46)58-32-39(50)31(56-20(6)45)33(7)14-38(39,49)34(8,23(33)22(29(47)51-10)53-17(3)42)40-26-25(54-18(4)43)36-15-37(36,41(32,40)61-35(9,59-26)60-40)27(55-19(5)44)30(48)57-24(36)21-11-12-52-13-21/h11-13,16,22-27,31-32,49-50H,14-15H2,1-10H3/t22-,23+,24+,25+,26-,27+,31+,32-,33+,34-,35?,36-,37-,38-,39+,40+,41+/m1/s1. The zero-order valence-corrected chi connectivity index (χ0v) is 35.1. The molecule has 1 aromatic rings. The van der Waals surface area contributed by atoms with Gasteiger partial charge in [-0.1, -0.05) is 27.7 Å². The van der Waals surface area contributed by atoms with E-state index in [-0.39, 0.29) is 12.0 Å². The Morgan fingerprint density at radius 3 is 2.02 bits per heavy atom. The van der Waals surface area contributed by atoms with Crippen molar-refractivity contribution in [2.75, 3.05) is 7.11 Å². The summed E-state index contributed by atoms with van der Waals surface area (Å²) < 4.78 is 68.3. The zero-order valence-electron chi connectivity index (χ0n) is 35.1. The van der Waals surface area contributed by atoms with Crippen molar-refractivity contribution in [2.45, 2.75) is 146 Å². The van der Waals surface area contributed by atoms with Gasteiger partial charge in [-0.05, 0) is 18.9 Å². The van der Waals surface area contributed by atoms with Crippen molar-refractivity contribution in [1.29, 1.82) is 0 Å². The molecule has 1 spiro atoms. The number of cyclic esters (lactones) is 1. The van der Waals surface area contributed by atoms with Crippen molar-refractivity contribution in [2.24, 2.45) is 33.5 Å². The van der Waals surface area contributed by atoms with Gasteiger partial charge in [0.15, 0.2) is 17.3 Å². The minimum atomic E-state index is -2.97. The molecule has 1 unspecified atom stereocenters. The first-order valence-electron chi connectivity index (χ1n) is 20.0. The summed E-state index contributed by atoms with van der Waals surface area (Å²) in [4.78, 5) is 96.2. The highest BCUT2D eigenvalue weighted by molar-refractivity contribution is 5.85. The number of esters is 7. The number of carbonyl (C=O) groups is 7. The molecular weight excluding hydrogens is 812 g/mol. The minimum Gasteiger partial charge on any atom is -0.472 e. The molecule has 4 bridgehead atoms. The van der Waals surface area contributed by atoms with Crippen LogP contribution in [0.5, 0.6) is 0 Å². The Labute approximate surface area is 348 Å². The normalized spacial score (nSPS) is 49.1. The van der Waals surface area contributed by atoms with Crippen LogP contribution in [-0.2, 0) is 80.9 Å². The fourth-order valence-corrected chi connectivity index (χ4v) is 14.3. The van der Waals surface area contributed by atoms with Gasteiger partial charge in [0.25, 0.3) is 5.97 Å². The largest absolute Gasteiger partial charge is 0.472 e. The van der Waals surface area contributed by atoms with Crippen LogP contribution in [0.3, 0.4) is 0 Å². The van der Waals surface area contributed by atoms with Crippen LogP contribution in [0.2, 0.25) is 0 Å². The van der Waals surface area contributed by atoms with E-state index >= 15 is 0 Å². The highest BCUT2D eigenvalue weighted by Crippen LogP contribution is 2.95. The van der Waals surface area contributed by atoms with Crippen molar-refractivity contribution in [1.82, 2.24) is 0 Å². The molecule has 5 saturated carbocycles. The van der Waals surface area contributed by atoms with E-state index in [1.165, 1.54) is 53.2 Å². The highest BCUT2D eigenvalue weighted by atomic mass is 17.0. The molecule has 8 fully saturated rings. The monoisotopic (exact) mass is 860 g/mol. The molecule has 332 valence electrons. The van der Waals surface area contributed by atoms with Crippen LogP contribution in [0, 0.1) is 33.5 Å². The van der Waals surface area contributed by atoms with Crippen molar-refractivity contribution < 1.29 is 95.6 Å². The van der Waals surface area contributed by atoms with Crippen LogP contribution in [0.4, 0.5) is 0 Å². The lowest BCUT2D eigenvalue weighted by Crippen LogP contribution is -2.97. The number of hydrogen-bond acceptors (Lipinski definition) is 20. The molecule has 0 amide bonds. The van der Waals surface area contributed by atoms with E-state index in [2.05, 4.69) is 0 Å². The number of ether oxygens (including phenoxy) is 10. The fourth-order valence-electron chi connectivity index (χ4n) is 14.3.